The number of rotatable bonds is 2. The van der Waals surface area contributed by atoms with Crippen LogP contribution in [0.4, 0.5) is 0 Å². The lowest BCUT2D eigenvalue weighted by Crippen LogP contribution is -2.28. The maximum Gasteiger partial charge on any atom is 0.0825 e. The fourth-order valence-electron chi connectivity index (χ4n) is 1.59. The predicted molar refractivity (Wildman–Crippen MR) is 51.9 cm³/mol. The van der Waals surface area contributed by atoms with Crippen LogP contribution in [0.2, 0.25) is 0 Å². The van der Waals surface area contributed by atoms with E-state index in [2.05, 4.69) is 12.7 Å². The van der Waals surface area contributed by atoms with Gasteiger partial charge in [-0.15, -0.1) is 0 Å². The van der Waals surface area contributed by atoms with Crippen LogP contribution in [0.5, 0.6) is 0 Å². The normalized spacial score (nSPS) is 35.1. The molecular weight excluding hydrogens is 148 g/mol. The van der Waals surface area contributed by atoms with Crippen LogP contribution in [0.3, 0.4) is 0 Å². The summed E-state index contributed by atoms with van der Waals surface area (Å²) in [6.07, 6.45) is 6.76. The van der Waals surface area contributed by atoms with Crippen molar-refractivity contribution in [2.24, 2.45) is 5.92 Å². The van der Waals surface area contributed by atoms with Gasteiger partial charge in [0.25, 0.3) is 0 Å². The zero-order valence-electron chi connectivity index (χ0n) is 8.01. The lowest BCUT2D eigenvalue weighted by atomic mass is 9.81. The van der Waals surface area contributed by atoms with E-state index in [4.69, 9.17) is 0 Å². The first-order valence-corrected chi connectivity index (χ1v) is 4.64. The Balaban J connectivity index is 2.64. The van der Waals surface area contributed by atoms with Gasteiger partial charge < -0.3 is 5.11 Å². The Morgan fingerprint density at radius 2 is 2.42 bits per heavy atom. The third-order valence-corrected chi connectivity index (χ3v) is 2.77. The number of aliphatic hydroxyl groups is 1. The second-order valence-electron chi connectivity index (χ2n) is 3.81. The molecular formula is C11H18O. The molecule has 1 aliphatic carbocycles. The molecule has 2 atom stereocenters. The lowest BCUT2D eigenvalue weighted by molar-refractivity contribution is 0.0667. The molecule has 0 aromatic heterocycles. The fraction of sp³-hybridized carbons (Fsp3) is 0.636. The zero-order valence-corrected chi connectivity index (χ0v) is 8.01. The summed E-state index contributed by atoms with van der Waals surface area (Å²) in [6, 6.07) is 0. The molecule has 0 heterocycles. The fourth-order valence-corrected chi connectivity index (χ4v) is 1.59. The van der Waals surface area contributed by atoms with Gasteiger partial charge in [-0.3, -0.25) is 0 Å². The molecule has 0 aromatic carbocycles. The van der Waals surface area contributed by atoms with E-state index in [9.17, 15) is 5.11 Å². The van der Waals surface area contributed by atoms with E-state index >= 15 is 0 Å². The van der Waals surface area contributed by atoms with E-state index in [0.29, 0.717) is 5.92 Å². The third kappa shape index (κ3) is 1.98. The molecule has 0 unspecified atom stereocenters. The van der Waals surface area contributed by atoms with E-state index < -0.39 is 5.60 Å². The van der Waals surface area contributed by atoms with E-state index in [0.717, 1.165) is 19.3 Å². The molecule has 0 fully saturated rings. The second kappa shape index (κ2) is 3.44. The molecule has 1 N–H and O–H groups in total. The molecule has 1 rings (SSSR count). The van der Waals surface area contributed by atoms with Gasteiger partial charge in [0.1, 0.15) is 0 Å². The molecule has 0 aromatic rings. The van der Waals surface area contributed by atoms with Gasteiger partial charge in [0, 0.05) is 0 Å². The van der Waals surface area contributed by atoms with Crippen molar-refractivity contribution < 1.29 is 5.11 Å². The zero-order chi connectivity index (χ0) is 9.19. The van der Waals surface area contributed by atoms with Crippen LogP contribution in [0, 0.1) is 5.92 Å². The molecule has 0 spiro atoms. The van der Waals surface area contributed by atoms with Crippen molar-refractivity contribution in [1.29, 1.82) is 0 Å². The highest BCUT2D eigenvalue weighted by atomic mass is 16.3. The average molecular weight is 166 g/mol. The van der Waals surface area contributed by atoms with Gasteiger partial charge in [-0.05, 0) is 32.1 Å². The van der Waals surface area contributed by atoms with Crippen molar-refractivity contribution >= 4 is 0 Å². The van der Waals surface area contributed by atoms with Gasteiger partial charge in [-0.1, -0.05) is 31.2 Å². The summed E-state index contributed by atoms with van der Waals surface area (Å²) < 4.78 is 0. The first-order valence-electron chi connectivity index (χ1n) is 4.64. The number of hydrogen-bond acceptors (Lipinski definition) is 1. The SMILES string of the molecule is C=C(C)[C@@H]1C=C[C@](O)(CC)CC1. The van der Waals surface area contributed by atoms with E-state index in [1.54, 1.807) is 0 Å². The van der Waals surface area contributed by atoms with Crippen molar-refractivity contribution in [2.75, 3.05) is 0 Å². The third-order valence-electron chi connectivity index (χ3n) is 2.77. The molecule has 0 saturated heterocycles. The van der Waals surface area contributed by atoms with Crippen LogP contribution < -0.4 is 0 Å². The van der Waals surface area contributed by atoms with Gasteiger partial charge in [0.2, 0.25) is 0 Å². The summed E-state index contributed by atoms with van der Waals surface area (Å²) >= 11 is 0. The summed E-state index contributed by atoms with van der Waals surface area (Å²) in [6.45, 7) is 7.99. The van der Waals surface area contributed by atoms with Gasteiger partial charge in [0.05, 0.1) is 5.60 Å². The molecule has 0 amide bonds. The monoisotopic (exact) mass is 166 g/mol. The minimum atomic E-state index is -0.536. The lowest BCUT2D eigenvalue weighted by Gasteiger charge is -2.30. The summed E-state index contributed by atoms with van der Waals surface area (Å²) in [5, 5.41) is 9.86. The number of hydrogen-bond donors (Lipinski definition) is 1. The average Bonchev–Trinajstić information content (AvgIpc) is 2.05. The molecule has 0 bridgehead atoms. The topological polar surface area (TPSA) is 20.2 Å². The van der Waals surface area contributed by atoms with E-state index in [-0.39, 0.29) is 0 Å². The molecule has 12 heavy (non-hydrogen) atoms. The van der Waals surface area contributed by atoms with Gasteiger partial charge >= 0.3 is 0 Å². The van der Waals surface area contributed by atoms with Gasteiger partial charge in [0.15, 0.2) is 0 Å². The van der Waals surface area contributed by atoms with E-state index in [1.807, 2.05) is 19.9 Å². The maximum absolute atomic E-state index is 9.86. The van der Waals surface area contributed by atoms with Crippen molar-refractivity contribution in [2.45, 2.75) is 38.7 Å². The maximum atomic E-state index is 9.86. The van der Waals surface area contributed by atoms with Crippen LogP contribution >= 0.6 is 0 Å². The molecule has 68 valence electrons. The highest BCUT2D eigenvalue weighted by Crippen LogP contribution is 2.30. The highest BCUT2D eigenvalue weighted by molar-refractivity contribution is 5.15. The van der Waals surface area contributed by atoms with Gasteiger partial charge in [-0.2, -0.15) is 0 Å². The van der Waals surface area contributed by atoms with Crippen molar-refractivity contribution in [3.8, 4) is 0 Å². The molecule has 0 radical (unpaired) electrons. The standard InChI is InChI=1S/C11H18O/c1-4-11(12)7-5-10(6-8-11)9(2)3/h5,7,10,12H,2,4,6,8H2,1,3H3/t10-,11-/m1/s1. The summed E-state index contributed by atoms with van der Waals surface area (Å²) in [7, 11) is 0. The van der Waals surface area contributed by atoms with Crippen molar-refractivity contribution in [3.63, 3.8) is 0 Å². The molecule has 1 aliphatic rings. The van der Waals surface area contributed by atoms with Crippen molar-refractivity contribution in [3.05, 3.63) is 24.3 Å². The van der Waals surface area contributed by atoms with Crippen molar-refractivity contribution in [1.82, 2.24) is 0 Å². The van der Waals surface area contributed by atoms with Gasteiger partial charge in [-0.25, -0.2) is 0 Å². The number of allylic oxidation sites excluding steroid dienone is 2. The Labute approximate surface area is 74.8 Å². The first-order chi connectivity index (χ1) is 5.57. The summed E-state index contributed by atoms with van der Waals surface area (Å²) in [5.41, 5.74) is 0.663. The Morgan fingerprint density at radius 3 is 2.75 bits per heavy atom. The Hall–Kier alpha value is -0.560. The minimum Gasteiger partial charge on any atom is -0.386 e. The molecule has 0 aliphatic heterocycles. The molecule has 1 nitrogen and oxygen atoms in total. The molecule has 0 saturated carbocycles. The van der Waals surface area contributed by atoms with Crippen LogP contribution in [0.15, 0.2) is 24.3 Å². The minimum absolute atomic E-state index is 0.483. The Kier molecular flexibility index (Phi) is 2.73. The first kappa shape index (κ1) is 9.53. The van der Waals surface area contributed by atoms with E-state index in [1.165, 1.54) is 5.57 Å². The smallest absolute Gasteiger partial charge is 0.0825 e. The predicted octanol–water partition coefficient (Wildman–Crippen LogP) is 2.67. The second-order valence-corrected chi connectivity index (χ2v) is 3.81. The van der Waals surface area contributed by atoms with Crippen LogP contribution in [0.1, 0.15) is 33.1 Å². The quantitative estimate of drug-likeness (QED) is 0.625. The van der Waals surface area contributed by atoms with Crippen LogP contribution in [0.25, 0.3) is 0 Å². The van der Waals surface area contributed by atoms with Crippen LogP contribution in [-0.4, -0.2) is 10.7 Å². The van der Waals surface area contributed by atoms with Crippen LogP contribution in [-0.2, 0) is 0 Å². The summed E-state index contributed by atoms with van der Waals surface area (Å²) in [5.74, 6) is 0.483. The summed E-state index contributed by atoms with van der Waals surface area (Å²) in [4.78, 5) is 0. The molecule has 1 heteroatoms. The highest BCUT2D eigenvalue weighted by Gasteiger charge is 2.26. The Morgan fingerprint density at radius 1 is 1.75 bits per heavy atom. The largest absolute Gasteiger partial charge is 0.386 e. The Bertz CT molecular complexity index is 205.